The molecule has 0 atom stereocenters. The largest absolute Gasteiger partial charge is 0.330 e. The molecule has 110 valence electrons. The minimum Gasteiger partial charge on any atom is -0.302 e. The molecule has 1 aliphatic heterocycles. The van der Waals surface area contributed by atoms with Crippen molar-refractivity contribution in [2.75, 3.05) is 19.6 Å². The molecule has 0 unspecified atom stereocenters. The first kappa shape index (κ1) is 14.7. The predicted octanol–water partition coefficient (Wildman–Crippen LogP) is 0.236. The van der Waals surface area contributed by atoms with E-state index in [4.69, 9.17) is 0 Å². The van der Waals surface area contributed by atoms with Crippen molar-refractivity contribution in [1.82, 2.24) is 14.0 Å². The summed E-state index contributed by atoms with van der Waals surface area (Å²) in [5, 5.41) is 0. The van der Waals surface area contributed by atoms with Gasteiger partial charge in [0.05, 0.1) is 5.56 Å². The molecule has 0 spiro atoms. The number of aromatic nitrogens is 2. The Morgan fingerprint density at radius 1 is 1.15 bits per heavy atom. The van der Waals surface area contributed by atoms with Gasteiger partial charge >= 0.3 is 5.69 Å². The molecule has 0 bridgehead atoms. The van der Waals surface area contributed by atoms with E-state index in [0.717, 1.165) is 24.2 Å². The maximum Gasteiger partial charge on any atom is 0.330 e. The number of rotatable bonds is 4. The van der Waals surface area contributed by atoms with E-state index >= 15 is 0 Å². The van der Waals surface area contributed by atoms with E-state index < -0.39 is 5.56 Å². The Morgan fingerprint density at radius 2 is 1.80 bits per heavy atom. The van der Waals surface area contributed by atoms with Gasteiger partial charge in [0.25, 0.3) is 5.56 Å². The molecule has 1 fully saturated rings. The third-order valence-corrected chi connectivity index (χ3v) is 3.84. The zero-order valence-corrected chi connectivity index (χ0v) is 12.1. The number of Topliss-reactive ketones (excluding diaryl/α,β-unsaturated/α-hetero) is 1. The van der Waals surface area contributed by atoms with Crippen molar-refractivity contribution in [2.45, 2.75) is 32.7 Å². The van der Waals surface area contributed by atoms with Crippen LogP contribution in [-0.4, -0.2) is 39.5 Å². The third kappa shape index (κ3) is 3.07. The molecule has 2 heterocycles. The molecule has 0 aromatic carbocycles. The predicted molar refractivity (Wildman–Crippen MR) is 76.2 cm³/mol. The Balaban J connectivity index is 2.20. The van der Waals surface area contributed by atoms with Crippen molar-refractivity contribution in [2.24, 2.45) is 7.05 Å². The van der Waals surface area contributed by atoms with E-state index in [9.17, 15) is 14.4 Å². The third-order valence-electron chi connectivity index (χ3n) is 3.84. The van der Waals surface area contributed by atoms with Gasteiger partial charge in [-0.25, -0.2) is 4.79 Å². The fourth-order valence-electron chi connectivity index (χ4n) is 2.56. The Morgan fingerprint density at radius 3 is 2.40 bits per heavy atom. The van der Waals surface area contributed by atoms with Crippen LogP contribution in [0, 0.1) is 0 Å². The average Bonchev–Trinajstić information content (AvgIpc) is 2.45. The normalized spacial score (nSPS) is 16.3. The van der Waals surface area contributed by atoms with Crippen LogP contribution in [0.1, 0.15) is 36.5 Å². The fraction of sp³-hybridized carbons (Fsp3) is 0.643. The number of ketones is 1. The number of carbonyl (C=O) groups is 1. The maximum atomic E-state index is 12.0. The number of hydrogen-bond acceptors (Lipinski definition) is 4. The second-order valence-corrected chi connectivity index (χ2v) is 5.34. The highest BCUT2D eigenvalue weighted by molar-refractivity contribution is 5.93. The Bertz CT molecular complexity index is 609. The summed E-state index contributed by atoms with van der Waals surface area (Å²) in [5.74, 6) is -0.308. The lowest BCUT2D eigenvalue weighted by Gasteiger charge is -2.26. The lowest BCUT2D eigenvalue weighted by Crippen LogP contribution is -2.42. The number of nitrogens with zero attached hydrogens (tertiary/aromatic N) is 3. The topological polar surface area (TPSA) is 64.3 Å². The molecule has 6 nitrogen and oxygen atoms in total. The van der Waals surface area contributed by atoms with Crippen LogP contribution in [0.2, 0.25) is 0 Å². The van der Waals surface area contributed by atoms with Crippen molar-refractivity contribution in [3.8, 4) is 0 Å². The molecular weight excluding hydrogens is 258 g/mol. The van der Waals surface area contributed by atoms with Gasteiger partial charge in [0.2, 0.25) is 0 Å². The minimum absolute atomic E-state index is 0.0748. The highest BCUT2D eigenvalue weighted by atomic mass is 16.2. The van der Waals surface area contributed by atoms with Crippen molar-refractivity contribution in [1.29, 1.82) is 0 Å². The van der Waals surface area contributed by atoms with Crippen molar-refractivity contribution >= 4 is 5.78 Å². The van der Waals surface area contributed by atoms with E-state index in [2.05, 4.69) is 4.90 Å². The molecule has 0 radical (unpaired) electrons. The molecular formula is C14H21N3O3. The van der Waals surface area contributed by atoms with Gasteiger partial charge in [-0.15, -0.1) is 0 Å². The van der Waals surface area contributed by atoms with E-state index in [1.54, 1.807) is 0 Å². The molecule has 0 N–H and O–H groups in total. The molecule has 1 aromatic rings. The monoisotopic (exact) mass is 279 g/mol. The van der Waals surface area contributed by atoms with Crippen LogP contribution in [0.25, 0.3) is 0 Å². The maximum absolute atomic E-state index is 12.0. The van der Waals surface area contributed by atoms with Crippen LogP contribution < -0.4 is 11.2 Å². The number of likely N-dealkylation sites (tertiary alicyclic amines) is 1. The SMILES string of the molecule is CC(=O)c1cn(CCN2CCCCC2)c(=O)n(C)c1=O. The van der Waals surface area contributed by atoms with Gasteiger partial charge in [-0.05, 0) is 32.9 Å². The zero-order chi connectivity index (χ0) is 14.7. The van der Waals surface area contributed by atoms with Crippen LogP contribution in [0.3, 0.4) is 0 Å². The smallest absolute Gasteiger partial charge is 0.302 e. The van der Waals surface area contributed by atoms with E-state index in [1.165, 1.54) is 44.0 Å². The summed E-state index contributed by atoms with van der Waals surface area (Å²) < 4.78 is 2.47. The summed E-state index contributed by atoms with van der Waals surface area (Å²) in [6.07, 6.45) is 5.06. The van der Waals surface area contributed by atoms with Gasteiger partial charge in [-0.2, -0.15) is 0 Å². The minimum atomic E-state index is -0.517. The van der Waals surface area contributed by atoms with E-state index in [1.807, 2.05) is 0 Å². The molecule has 0 aliphatic carbocycles. The molecule has 0 saturated carbocycles. The number of piperidine rings is 1. The summed E-state index contributed by atoms with van der Waals surface area (Å²) in [7, 11) is 1.41. The zero-order valence-electron chi connectivity index (χ0n) is 12.1. The lowest BCUT2D eigenvalue weighted by molar-refractivity contribution is 0.101. The van der Waals surface area contributed by atoms with Crippen LogP contribution in [0.5, 0.6) is 0 Å². The van der Waals surface area contributed by atoms with Crippen LogP contribution in [0.4, 0.5) is 0 Å². The Kier molecular flexibility index (Phi) is 4.54. The van der Waals surface area contributed by atoms with Gasteiger partial charge in [0.1, 0.15) is 0 Å². The Labute approximate surface area is 117 Å². The summed E-state index contributed by atoms with van der Waals surface area (Å²) in [5.41, 5.74) is -0.806. The van der Waals surface area contributed by atoms with Gasteiger partial charge in [0, 0.05) is 26.3 Å². The molecule has 6 heteroatoms. The highest BCUT2D eigenvalue weighted by Gasteiger charge is 2.14. The van der Waals surface area contributed by atoms with Crippen molar-refractivity contribution < 1.29 is 4.79 Å². The highest BCUT2D eigenvalue weighted by Crippen LogP contribution is 2.08. The molecule has 1 aromatic heterocycles. The first-order valence-corrected chi connectivity index (χ1v) is 7.04. The van der Waals surface area contributed by atoms with Gasteiger partial charge in [-0.3, -0.25) is 18.7 Å². The van der Waals surface area contributed by atoms with Gasteiger partial charge < -0.3 is 4.90 Å². The molecule has 1 aliphatic rings. The first-order valence-electron chi connectivity index (χ1n) is 7.04. The first-order chi connectivity index (χ1) is 9.50. The second-order valence-electron chi connectivity index (χ2n) is 5.34. The summed E-state index contributed by atoms with van der Waals surface area (Å²) >= 11 is 0. The van der Waals surface area contributed by atoms with Gasteiger partial charge in [0.15, 0.2) is 5.78 Å². The molecule has 20 heavy (non-hydrogen) atoms. The summed E-state index contributed by atoms with van der Waals surface area (Å²) in [6.45, 7) is 4.74. The second kappa shape index (κ2) is 6.17. The number of hydrogen-bond donors (Lipinski definition) is 0. The average molecular weight is 279 g/mol. The van der Waals surface area contributed by atoms with E-state index in [-0.39, 0.29) is 17.0 Å². The van der Waals surface area contributed by atoms with Crippen molar-refractivity contribution in [3.05, 3.63) is 32.6 Å². The fourth-order valence-corrected chi connectivity index (χ4v) is 2.56. The van der Waals surface area contributed by atoms with E-state index in [0.29, 0.717) is 6.54 Å². The quantitative estimate of drug-likeness (QED) is 0.740. The van der Waals surface area contributed by atoms with Gasteiger partial charge in [-0.1, -0.05) is 6.42 Å². The van der Waals surface area contributed by atoms with Crippen LogP contribution in [-0.2, 0) is 13.6 Å². The molecule has 1 saturated heterocycles. The van der Waals surface area contributed by atoms with Crippen LogP contribution >= 0.6 is 0 Å². The number of carbonyl (C=O) groups excluding carboxylic acids is 1. The molecule has 2 rings (SSSR count). The molecule has 0 amide bonds. The summed E-state index contributed by atoms with van der Waals surface area (Å²) in [4.78, 5) is 37.6. The van der Waals surface area contributed by atoms with Crippen molar-refractivity contribution in [3.63, 3.8) is 0 Å². The van der Waals surface area contributed by atoms with Crippen LogP contribution in [0.15, 0.2) is 15.8 Å². The standard InChI is InChI=1S/C14H21N3O3/c1-11(18)12-10-17(14(20)15(2)13(12)19)9-8-16-6-4-3-5-7-16/h10H,3-9H2,1-2H3. The Hall–Kier alpha value is -1.69. The lowest BCUT2D eigenvalue weighted by atomic mass is 10.1. The summed E-state index contributed by atoms with van der Waals surface area (Å²) in [6, 6.07) is 0.